The van der Waals surface area contributed by atoms with Crippen molar-refractivity contribution in [1.82, 2.24) is 5.32 Å². The second-order valence-electron chi connectivity index (χ2n) is 3.58. The summed E-state index contributed by atoms with van der Waals surface area (Å²) < 4.78 is 9.83. The second-order valence-corrected chi connectivity index (χ2v) is 4.02. The molecule has 0 aromatic heterocycles. The zero-order valence-corrected chi connectivity index (χ0v) is 10.9. The zero-order valence-electron chi connectivity index (χ0n) is 10.1. The maximum absolute atomic E-state index is 11.2. The molecule has 0 aliphatic rings. The van der Waals surface area contributed by atoms with Crippen LogP contribution in [0.1, 0.15) is 12.5 Å². The molecule has 1 atom stereocenters. The summed E-state index contributed by atoms with van der Waals surface area (Å²) in [5, 5.41) is 3.67. The number of rotatable bonds is 5. The van der Waals surface area contributed by atoms with Gasteiger partial charge >= 0.3 is 5.97 Å². The second kappa shape index (κ2) is 6.47. The van der Waals surface area contributed by atoms with Gasteiger partial charge in [0.25, 0.3) is 0 Å². The molecule has 0 heterocycles. The highest BCUT2D eigenvalue weighted by molar-refractivity contribution is 6.30. The van der Waals surface area contributed by atoms with Crippen molar-refractivity contribution in [2.75, 3.05) is 14.2 Å². The first-order valence-corrected chi connectivity index (χ1v) is 5.60. The number of hydrogen-bond donors (Lipinski definition) is 1. The third-order valence-corrected chi connectivity index (χ3v) is 2.63. The van der Waals surface area contributed by atoms with Crippen LogP contribution in [0.4, 0.5) is 0 Å². The maximum atomic E-state index is 11.2. The Kier molecular flexibility index (Phi) is 5.25. The molecule has 0 fully saturated rings. The number of esters is 1. The molecular formula is C12H16ClNO3. The highest BCUT2D eigenvalue weighted by atomic mass is 35.5. The first-order valence-electron chi connectivity index (χ1n) is 5.22. The van der Waals surface area contributed by atoms with E-state index in [9.17, 15) is 4.79 Å². The number of carbonyl (C=O) groups excluding carboxylic acids is 1. The number of halogens is 1. The molecule has 0 amide bonds. The van der Waals surface area contributed by atoms with E-state index in [1.807, 2.05) is 0 Å². The molecule has 0 aliphatic carbocycles. The lowest BCUT2D eigenvalue weighted by atomic mass is 10.2. The number of nitrogens with one attached hydrogen (secondary N) is 1. The van der Waals surface area contributed by atoms with Crippen molar-refractivity contribution in [3.8, 4) is 5.75 Å². The Morgan fingerprint density at radius 2 is 2.18 bits per heavy atom. The highest BCUT2D eigenvalue weighted by Crippen LogP contribution is 2.22. The smallest absolute Gasteiger partial charge is 0.322 e. The quantitative estimate of drug-likeness (QED) is 0.820. The maximum Gasteiger partial charge on any atom is 0.322 e. The molecule has 0 saturated heterocycles. The van der Waals surface area contributed by atoms with Crippen molar-refractivity contribution in [3.05, 3.63) is 28.8 Å². The van der Waals surface area contributed by atoms with Gasteiger partial charge in [-0.2, -0.15) is 0 Å². The van der Waals surface area contributed by atoms with Crippen LogP contribution in [0.25, 0.3) is 0 Å². The van der Waals surface area contributed by atoms with E-state index in [4.69, 9.17) is 16.3 Å². The summed E-state index contributed by atoms with van der Waals surface area (Å²) in [4.78, 5) is 11.2. The van der Waals surface area contributed by atoms with Crippen LogP contribution in [0.3, 0.4) is 0 Å². The van der Waals surface area contributed by atoms with E-state index in [1.165, 1.54) is 7.11 Å². The molecule has 1 N–H and O–H groups in total. The van der Waals surface area contributed by atoms with Crippen molar-refractivity contribution < 1.29 is 14.3 Å². The number of methoxy groups -OCH3 is 2. The minimum absolute atomic E-state index is 0.300. The molecule has 0 bridgehead atoms. The lowest BCUT2D eigenvalue weighted by molar-refractivity contribution is -0.142. The van der Waals surface area contributed by atoms with Gasteiger partial charge in [0.15, 0.2) is 0 Å². The summed E-state index contributed by atoms with van der Waals surface area (Å²) in [7, 11) is 2.96. The molecule has 0 spiro atoms. The Bertz CT molecular complexity index is 395. The predicted octanol–water partition coefficient (Wildman–Crippen LogP) is 2.00. The summed E-state index contributed by atoms with van der Waals surface area (Å²) in [6.07, 6.45) is 0. The number of benzene rings is 1. The summed E-state index contributed by atoms with van der Waals surface area (Å²) in [5.74, 6) is 0.435. The summed E-state index contributed by atoms with van der Waals surface area (Å²) in [6, 6.07) is 4.98. The lowest BCUT2D eigenvalue weighted by Crippen LogP contribution is -2.34. The largest absolute Gasteiger partial charge is 0.496 e. The summed E-state index contributed by atoms with van der Waals surface area (Å²) in [6.45, 7) is 2.23. The predicted molar refractivity (Wildman–Crippen MR) is 66.3 cm³/mol. The van der Waals surface area contributed by atoms with Gasteiger partial charge in [-0.05, 0) is 25.1 Å². The monoisotopic (exact) mass is 257 g/mol. The lowest BCUT2D eigenvalue weighted by Gasteiger charge is -2.13. The van der Waals surface area contributed by atoms with Crippen LogP contribution in [0, 0.1) is 0 Å². The minimum atomic E-state index is -0.372. The Morgan fingerprint density at radius 3 is 2.76 bits per heavy atom. The molecule has 94 valence electrons. The van der Waals surface area contributed by atoms with Crippen molar-refractivity contribution in [3.63, 3.8) is 0 Å². The molecule has 4 nitrogen and oxygen atoms in total. The van der Waals surface area contributed by atoms with Gasteiger partial charge in [-0.1, -0.05) is 11.6 Å². The molecule has 17 heavy (non-hydrogen) atoms. The average Bonchev–Trinajstić information content (AvgIpc) is 2.35. The van der Waals surface area contributed by atoms with Gasteiger partial charge in [0.05, 0.1) is 14.2 Å². The van der Waals surface area contributed by atoms with Crippen LogP contribution < -0.4 is 10.1 Å². The van der Waals surface area contributed by atoms with E-state index >= 15 is 0 Å². The molecule has 0 aliphatic heterocycles. The van der Waals surface area contributed by atoms with Crippen LogP contribution in [-0.2, 0) is 16.1 Å². The molecule has 0 radical (unpaired) electrons. The summed E-state index contributed by atoms with van der Waals surface area (Å²) >= 11 is 5.90. The Hall–Kier alpha value is -1.26. The van der Waals surface area contributed by atoms with Crippen molar-refractivity contribution in [1.29, 1.82) is 0 Å². The van der Waals surface area contributed by atoms with Gasteiger partial charge in [-0.15, -0.1) is 0 Å². The Labute approximate surface area is 106 Å². The average molecular weight is 258 g/mol. The highest BCUT2D eigenvalue weighted by Gasteiger charge is 2.13. The van der Waals surface area contributed by atoms with Crippen LogP contribution in [0.2, 0.25) is 5.02 Å². The van der Waals surface area contributed by atoms with E-state index in [-0.39, 0.29) is 12.0 Å². The van der Waals surface area contributed by atoms with E-state index in [2.05, 4.69) is 10.1 Å². The molecule has 1 aromatic rings. The SMILES string of the molecule is COC(=O)[C@H](C)NCc1cc(Cl)ccc1OC. The van der Waals surface area contributed by atoms with Crippen molar-refractivity contribution in [2.45, 2.75) is 19.5 Å². The number of carbonyl (C=O) groups is 1. The Balaban J connectivity index is 2.68. The fraction of sp³-hybridized carbons (Fsp3) is 0.417. The van der Waals surface area contributed by atoms with Crippen LogP contribution in [-0.4, -0.2) is 26.2 Å². The van der Waals surface area contributed by atoms with Gasteiger partial charge in [0, 0.05) is 17.1 Å². The zero-order chi connectivity index (χ0) is 12.8. The van der Waals surface area contributed by atoms with Gasteiger partial charge < -0.3 is 14.8 Å². The van der Waals surface area contributed by atoms with Crippen LogP contribution >= 0.6 is 11.6 Å². The van der Waals surface area contributed by atoms with Crippen molar-refractivity contribution in [2.24, 2.45) is 0 Å². The molecule has 0 unspecified atom stereocenters. The Morgan fingerprint density at radius 1 is 1.47 bits per heavy atom. The van der Waals surface area contributed by atoms with E-state index < -0.39 is 0 Å². The topological polar surface area (TPSA) is 47.6 Å². The number of ether oxygens (including phenoxy) is 2. The van der Waals surface area contributed by atoms with Crippen molar-refractivity contribution >= 4 is 17.6 Å². The fourth-order valence-electron chi connectivity index (χ4n) is 1.41. The fourth-order valence-corrected chi connectivity index (χ4v) is 1.60. The number of hydrogen-bond acceptors (Lipinski definition) is 4. The molecule has 5 heteroatoms. The van der Waals surface area contributed by atoms with E-state index in [0.717, 1.165) is 11.3 Å². The van der Waals surface area contributed by atoms with Gasteiger partial charge in [0.2, 0.25) is 0 Å². The molecule has 1 rings (SSSR count). The van der Waals surface area contributed by atoms with Gasteiger partial charge in [0.1, 0.15) is 11.8 Å². The molecular weight excluding hydrogens is 242 g/mol. The molecule has 1 aromatic carbocycles. The van der Waals surface area contributed by atoms with Crippen LogP contribution in [0.5, 0.6) is 5.75 Å². The van der Waals surface area contributed by atoms with E-state index in [0.29, 0.717) is 11.6 Å². The van der Waals surface area contributed by atoms with Crippen LogP contribution in [0.15, 0.2) is 18.2 Å². The third-order valence-electron chi connectivity index (χ3n) is 2.40. The first-order chi connectivity index (χ1) is 8.08. The third kappa shape index (κ3) is 3.91. The first kappa shape index (κ1) is 13.8. The molecule has 0 saturated carbocycles. The minimum Gasteiger partial charge on any atom is -0.496 e. The summed E-state index contributed by atoms with van der Waals surface area (Å²) in [5.41, 5.74) is 0.899. The van der Waals surface area contributed by atoms with Gasteiger partial charge in [-0.3, -0.25) is 4.79 Å². The standard InChI is InChI=1S/C12H16ClNO3/c1-8(12(15)17-3)14-7-9-6-10(13)4-5-11(9)16-2/h4-6,8,14H,7H2,1-3H3/t8-/m0/s1. The van der Waals surface area contributed by atoms with Gasteiger partial charge in [-0.25, -0.2) is 0 Å². The van der Waals surface area contributed by atoms with E-state index in [1.54, 1.807) is 32.2 Å². The normalized spacial score (nSPS) is 12.0.